The summed E-state index contributed by atoms with van der Waals surface area (Å²) in [7, 11) is 2.10. The summed E-state index contributed by atoms with van der Waals surface area (Å²) >= 11 is 0. The third kappa shape index (κ3) is 3.46. The maximum atomic E-state index is 10.5. The number of nitrogens with one attached hydrogen (secondary N) is 1. The van der Waals surface area contributed by atoms with Gasteiger partial charge < -0.3 is 19.8 Å². The topological polar surface area (TPSA) is 87.3 Å². The highest BCUT2D eigenvalue weighted by Gasteiger charge is 2.35. The third-order valence-corrected chi connectivity index (χ3v) is 6.19. The summed E-state index contributed by atoms with van der Waals surface area (Å²) in [5.41, 5.74) is 2.87. The van der Waals surface area contributed by atoms with Crippen LogP contribution in [-0.2, 0) is 0 Å². The highest BCUT2D eigenvalue weighted by Crippen LogP contribution is 2.34. The summed E-state index contributed by atoms with van der Waals surface area (Å²) < 4.78 is 5.27. The largest absolute Gasteiger partial charge is 0.507 e. The Morgan fingerprint density at radius 2 is 1.86 bits per heavy atom. The van der Waals surface area contributed by atoms with Gasteiger partial charge in [-0.3, -0.25) is 0 Å². The van der Waals surface area contributed by atoms with Crippen molar-refractivity contribution in [2.75, 3.05) is 11.9 Å². The number of anilines is 1. The van der Waals surface area contributed by atoms with E-state index in [1.807, 2.05) is 37.3 Å². The first-order chi connectivity index (χ1) is 14.1. The zero-order valence-corrected chi connectivity index (χ0v) is 16.7. The molecule has 0 amide bonds. The van der Waals surface area contributed by atoms with Gasteiger partial charge in [-0.2, -0.15) is 0 Å². The molecule has 0 radical (unpaired) electrons. The van der Waals surface area contributed by atoms with Gasteiger partial charge in [-0.15, -0.1) is 10.2 Å². The summed E-state index contributed by atoms with van der Waals surface area (Å²) in [5, 5.41) is 26.9. The van der Waals surface area contributed by atoms with E-state index in [9.17, 15) is 5.11 Å². The number of piperidine rings is 1. The molecule has 2 N–H and O–H groups in total. The Kier molecular flexibility index (Phi) is 4.47. The standard InChI is InChI=1S/C22H25N5O2/c1-13-9-21(29-26-13)14-3-6-18(20(28)10-14)19-7-8-22(25-24-19)27(2)17-11-15-4-5-16(12-17)23-15/h3,6-10,15-17,23,28H,4-5,11-12H2,1-2H3. The van der Waals surface area contributed by atoms with Gasteiger partial charge in [-0.05, 0) is 56.9 Å². The first-order valence-electron chi connectivity index (χ1n) is 10.2. The van der Waals surface area contributed by atoms with Crippen molar-refractivity contribution in [1.82, 2.24) is 20.7 Å². The number of aryl methyl sites for hydroxylation is 1. The number of benzene rings is 1. The predicted molar refractivity (Wildman–Crippen MR) is 111 cm³/mol. The maximum Gasteiger partial charge on any atom is 0.167 e. The lowest BCUT2D eigenvalue weighted by Gasteiger charge is -2.36. The van der Waals surface area contributed by atoms with Gasteiger partial charge in [0, 0.05) is 42.4 Å². The van der Waals surface area contributed by atoms with Crippen molar-refractivity contribution in [3.63, 3.8) is 0 Å². The Morgan fingerprint density at radius 1 is 1.07 bits per heavy atom. The molecule has 2 aromatic heterocycles. The highest BCUT2D eigenvalue weighted by atomic mass is 16.5. The van der Waals surface area contributed by atoms with Crippen LogP contribution in [0.15, 0.2) is 40.9 Å². The van der Waals surface area contributed by atoms with Crippen LogP contribution < -0.4 is 10.2 Å². The van der Waals surface area contributed by atoms with Crippen molar-refractivity contribution in [2.24, 2.45) is 0 Å². The number of phenolic OH excluding ortho intramolecular Hbond substituents is 1. The normalized spacial score (nSPS) is 23.3. The van der Waals surface area contributed by atoms with E-state index in [-0.39, 0.29) is 5.75 Å². The number of nitrogens with zero attached hydrogens (tertiary/aromatic N) is 4. The molecule has 2 atom stereocenters. The summed E-state index contributed by atoms with van der Waals surface area (Å²) in [4.78, 5) is 2.25. The Bertz CT molecular complexity index is 1000. The number of hydrogen-bond donors (Lipinski definition) is 2. The quantitative estimate of drug-likeness (QED) is 0.703. The molecule has 0 aliphatic carbocycles. The van der Waals surface area contributed by atoms with E-state index in [0.717, 1.165) is 29.9 Å². The zero-order valence-electron chi connectivity index (χ0n) is 16.7. The van der Waals surface area contributed by atoms with E-state index in [1.165, 1.54) is 12.8 Å². The van der Waals surface area contributed by atoms with Gasteiger partial charge in [-0.25, -0.2) is 0 Å². The van der Waals surface area contributed by atoms with Crippen molar-refractivity contribution < 1.29 is 9.63 Å². The number of aromatic hydroxyl groups is 1. The zero-order chi connectivity index (χ0) is 20.0. The second-order valence-corrected chi connectivity index (χ2v) is 8.22. The minimum atomic E-state index is 0.141. The molecule has 2 bridgehead atoms. The van der Waals surface area contributed by atoms with Gasteiger partial charge in [0.2, 0.25) is 0 Å². The molecule has 2 unspecified atom stereocenters. The fourth-order valence-corrected chi connectivity index (χ4v) is 4.59. The molecule has 150 valence electrons. The first-order valence-corrected chi connectivity index (χ1v) is 10.2. The van der Waals surface area contributed by atoms with Gasteiger partial charge in [0.25, 0.3) is 0 Å². The van der Waals surface area contributed by atoms with Crippen molar-refractivity contribution >= 4 is 5.82 Å². The summed E-state index contributed by atoms with van der Waals surface area (Å²) in [6.07, 6.45) is 4.87. The lowest BCUT2D eigenvalue weighted by atomic mass is 9.98. The molecule has 0 spiro atoms. The van der Waals surface area contributed by atoms with Gasteiger partial charge in [-0.1, -0.05) is 11.2 Å². The Morgan fingerprint density at radius 3 is 2.48 bits per heavy atom. The van der Waals surface area contributed by atoms with E-state index in [4.69, 9.17) is 4.52 Å². The summed E-state index contributed by atoms with van der Waals surface area (Å²) in [5.74, 6) is 1.64. The van der Waals surface area contributed by atoms with Crippen LogP contribution in [-0.4, -0.2) is 45.6 Å². The molecule has 0 saturated carbocycles. The second-order valence-electron chi connectivity index (χ2n) is 8.22. The van der Waals surface area contributed by atoms with E-state index in [2.05, 4.69) is 32.6 Å². The molecule has 7 heteroatoms. The minimum absolute atomic E-state index is 0.141. The van der Waals surface area contributed by atoms with E-state index in [0.29, 0.717) is 35.1 Å². The average Bonchev–Trinajstić information content (AvgIpc) is 3.32. The fourth-order valence-electron chi connectivity index (χ4n) is 4.59. The summed E-state index contributed by atoms with van der Waals surface area (Å²) in [6.45, 7) is 1.87. The minimum Gasteiger partial charge on any atom is -0.507 e. The Hall–Kier alpha value is -2.93. The van der Waals surface area contributed by atoms with Crippen LogP contribution >= 0.6 is 0 Å². The first kappa shape index (κ1) is 18.1. The van der Waals surface area contributed by atoms with Gasteiger partial charge >= 0.3 is 0 Å². The fraction of sp³-hybridized carbons (Fsp3) is 0.409. The van der Waals surface area contributed by atoms with Gasteiger partial charge in [0.05, 0.1) is 11.4 Å². The number of aromatic nitrogens is 3. The van der Waals surface area contributed by atoms with Crippen molar-refractivity contribution in [3.8, 4) is 28.3 Å². The molecule has 4 heterocycles. The molecule has 29 heavy (non-hydrogen) atoms. The van der Waals surface area contributed by atoms with E-state index >= 15 is 0 Å². The van der Waals surface area contributed by atoms with Crippen molar-refractivity contribution in [1.29, 1.82) is 0 Å². The molecule has 2 saturated heterocycles. The molecule has 7 nitrogen and oxygen atoms in total. The number of hydrogen-bond acceptors (Lipinski definition) is 7. The van der Waals surface area contributed by atoms with E-state index < -0.39 is 0 Å². The highest BCUT2D eigenvalue weighted by molar-refractivity contribution is 5.72. The second kappa shape index (κ2) is 7.15. The SMILES string of the molecule is Cc1cc(-c2ccc(-c3ccc(N(C)C4CC5CCC(C4)N5)nn3)c(O)c2)on1. The lowest BCUT2D eigenvalue weighted by Crippen LogP contribution is -2.47. The van der Waals surface area contributed by atoms with Crippen LogP contribution in [0.25, 0.3) is 22.6 Å². The third-order valence-electron chi connectivity index (χ3n) is 6.19. The Labute approximate surface area is 169 Å². The van der Waals surface area contributed by atoms with Crippen molar-refractivity contribution in [2.45, 2.75) is 50.7 Å². The van der Waals surface area contributed by atoms with Crippen LogP contribution in [0.3, 0.4) is 0 Å². The molecule has 5 rings (SSSR count). The number of rotatable bonds is 4. The average molecular weight is 391 g/mol. The molecule has 2 fully saturated rings. The van der Waals surface area contributed by atoms with Gasteiger partial charge in [0.1, 0.15) is 5.75 Å². The van der Waals surface area contributed by atoms with Crippen LogP contribution in [0.2, 0.25) is 0 Å². The molecule has 2 aliphatic heterocycles. The van der Waals surface area contributed by atoms with Crippen molar-refractivity contribution in [3.05, 3.63) is 42.1 Å². The summed E-state index contributed by atoms with van der Waals surface area (Å²) in [6, 6.07) is 12.9. The molecular formula is C22H25N5O2. The number of fused-ring (bicyclic) bond motifs is 2. The Balaban J connectivity index is 1.34. The van der Waals surface area contributed by atoms with Crippen LogP contribution in [0.5, 0.6) is 5.75 Å². The van der Waals surface area contributed by atoms with Crippen LogP contribution in [0.4, 0.5) is 5.82 Å². The number of phenols is 1. The molecule has 2 aliphatic rings. The maximum absolute atomic E-state index is 10.5. The lowest BCUT2D eigenvalue weighted by molar-refractivity contribution is 0.353. The molecule has 1 aromatic carbocycles. The predicted octanol–water partition coefficient (Wildman–Crippen LogP) is 3.53. The molecular weight excluding hydrogens is 366 g/mol. The molecule has 3 aromatic rings. The van der Waals surface area contributed by atoms with Crippen LogP contribution in [0.1, 0.15) is 31.4 Å². The monoisotopic (exact) mass is 391 g/mol. The smallest absolute Gasteiger partial charge is 0.167 e. The van der Waals surface area contributed by atoms with Crippen LogP contribution in [0, 0.1) is 6.92 Å². The van der Waals surface area contributed by atoms with Gasteiger partial charge in [0.15, 0.2) is 11.6 Å². The van der Waals surface area contributed by atoms with E-state index in [1.54, 1.807) is 6.07 Å².